The minimum Gasteiger partial charge on any atom is -0.497 e. The number of hydrogen-bond acceptors (Lipinski definition) is 4. The Hall–Kier alpha value is -4.58. The van der Waals surface area contributed by atoms with Crippen molar-refractivity contribution < 1.29 is 19.1 Å². The maximum absolute atomic E-state index is 13.3. The summed E-state index contributed by atoms with van der Waals surface area (Å²) in [5, 5.41) is 7.46. The zero-order chi connectivity index (χ0) is 24.6. The summed E-state index contributed by atoms with van der Waals surface area (Å²) in [7, 11) is 1.58. The number of benzene rings is 4. The monoisotopic (exact) mass is 466 g/mol. The first-order chi connectivity index (χ1) is 17.1. The van der Waals surface area contributed by atoms with E-state index in [0.29, 0.717) is 23.6 Å². The molecule has 6 heteroatoms. The van der Waals surface area contributed by atoms with E-state index in [1.165, 1.54) is 0 Å². The molecule has 0 aliphatic rings. The Balaban J connectivity index is 1.72. The van der Waals surface area contributed by atoms with Crippen molar-refractivity contribution in [3.8, 4) is 11.5 Å². The van der Waals surface area contributed by atoms with Crippen LogP contribution in [0.5, 0.6) is 11.5 Å². The van der Waals surface area contributed by atoms with Gasteiger partial charge >= 0.3 is 0 Å². The lowest BCUT2D eigenvalue weighted by Crippen LogP contribution is -2.30. The third kappa shape index (κ3) is 5.68. The summed E-state index contributed by atoms with van der Waals surface area (Å²) in [4.78, 5) is 26.2. The molecule has 0 heterocycles. The quantitative estimate of drug-likeness (QED) is 0.329. The van der Waals surface area contributed by atoms with E-state index in [-0.39, 0.29) is 11.6 Å². The number of carbonyl (C=O) groups is 2. The Labute approximate surface area is 204 Å². The van der Waals surface area contributed by atoms with E-state index in [1.54, 1.807) is 61.7 Å². The molecule has 0 radical (unpaired) electrons. The van der Waals surface area contributed by atoms with Crippen LogP contribution in [-0.2, 0) is 4.79 Å². The molecule has 4 aromatic carbocycles. The van der Waals surface area contributed by atoms with E-state index in [1.807, 2.05) is 49.4 Å². The van der Waals surface area contributed by atoms with Gasteiger partial charge in [-0.2, -0.15) is 0 Å². The number of amides is 2. The maximum Gasteiger partial charge on any atom is 0.272 e. The van der Waals surface area contributed by atoms with Gasteiger partial charge in [-0.3, -0.25) is 9.59 Å². The number of methoxy groups -OCH3 is 1. The molecule has 0 spiro atoms. The smallest absolute Gasteiger partial charge is 0.272 e. The molecular formula is C29H26N2O4. The van der Waals surface area contributed by atoms with Gasteiger partial charge in [-0.15, -0.1) is 0 Å². The third-order valence-corrected chi connectivity index (χ3v) is 5.39. The number of ether oxygens (including phenoxy) is 2. The van der Waals surface area contributed by atoms with Crippen LogP contribution in [0.3, 0.4) is 0 Å². The van der Waals surface area contributed by atoms with Crippen LogP contribution in [0.4, 0.5) is 5.69 Å². The highest BCUT2D eigenvalue weighted by molar-refractivity contribution is 6.11. The van der Waals surface area contributed by atoms with Gasteiger partial charge in [0, 0.05) is 16.6 Å². The summed E-state index contributed by atoms with van der Waals surface area (Å²) in [6.45, 7) is 2.48. The fourth-order valence-corrected chi connectivity index (χ4v) is 3.67. The molecule has 0 unspecified atom stereocenters. The van der Waals surface area contributed by atoms with Gasteiger partial charge in [-0.05, 0) is 66.4 Å². The average Bonchev–Trinajstić information content (AvgIpc) is 2.90. The van der Waals surface area contributed by atoms with Crippen molar-refractivity contribution in [3.63, 3.8) is 0 Å². The Bertz CT molecular complexity index is 1360. The first-order valence-electron chi connectivity index (χ1n) is 11.3. The SMILES string of the molecule is CCOc1ccc(C=C(NC(=O)c2ccccc2)C(=O)Nc2ccc(OC)cc2)c2ccccc12. The van der Waals surface area contributed by atoms with E-state index in [0.717, 1.165) is 22.1 Å². The molecular weight excluding hydrogens is 440 g/mol. The molecule has 0 saturated heterocycles. The summed E-state index contributed by atoms with van der Waals surface area (Å²) >= 11 is 0. The zero-order valence-electron chi connectivity index (χ0n) is 19.6. The molecule has 4 rings (SSSR count). The molecule has 35 heavy (non-hydrogen) atoms. The molecule has 176 valence electrons. The van der Waals surface area contributed by atoms with E-state index in [9.17, 15) is 9.59 Å². The summed E-state index contributed by atoms with van der Waals surface area (Å²) < 4.78 is 10.9. The summed E-state index contributed by atoms with van der Waals surface area (Å²) in [5.41, 5.74) is 1.92. The fraction of sp³-hybridized carbons (Fsp3) is 0.103. The zero-order valence-corrected chi connectivity index (χ0v) is 19.6. The Morgan fingerprint density at radius 3 is 2.20 bits per heavy atom. The Morgan fingerprint density at radius 2 is 1.51 bits per heavy atom. The highest BCUT2D eigenvalue weighted by atomic mass is 16.5. The molecule has 0 bridgehead atoms. The second-order valence-corrected chi connectivity index (χ2v) is 7.69. The van der Waals surface area contributed by atoms with E-state index in [2.05, 4.69) is 10.6 Å². The normalized spacial score (nSPS) is 11.1. The third-order valence-electron chi connectivity index (χ3n) is 5.39. The lowest BCUT2D eigenvalue weighted by Gasteiger charge is -2.13. The van der Waals surface area contributed by atoms with Crippen LogP contribution >= 0.6 is 0 Å². The largest absolute Gasteiger partial charge is 0.497 e. The van der Waals surface area contributed by atoms with Gasteiger partial charge < -0.3 is 20.1 Å². The molecule has 0 saturated carbocycles. The van der Waals surface area contributed by atoms with Crippen LogP contribution < -0.4 is 20.1 Å². The Morgan fingerprint density at radius 1 is 0.829 bits per heavy atom. The first-order valence-corrected chi connectivity index (χ1v) is 11.3. The molecule has 0 aliphatic heterocycles. The van der Waals surface area contributed by atoms with Crippen LogP contribution in [0.2, 0.25) is 0 Å². The van der Waals surface area contributed by atoms with Gasteiger partial charge in [0.2, 0.25) is 0 Å². The van der Waals surface area contributed by atoms with Gasteiger partial charge in [0.25, 0.3) is 11.8 Å². The van der Waals surface area contributed by atoms with Crippen molar-refractivity contribution in [1.82, 2.24) is 5.32 Å². The van der Waals surface area contributed by atoms with Crippen molar-refractivity contribution in [2.45, 2.75) is 6.92 Å². The number of hydrogen-bond donors (Lipinski definition) is 2. The predicted molar refractivity (Wildman–Crippen MR) is 139 cm³/mol. The number of fused-ring (bicyclic) bond motifs is 1. The van der Waals surface area contributed by atoms with Gasteiger partial charge in [0.15, 0.2) is 0 Å². The maximum atomic E-state index is 13.3. The van der Waals surface area contributed by atoms with Crippen LogP contribution in [0, 0.1) is 0 Å². The minimum absolute atomic E-state index is 0.115. The average molecular weight is 467 g/mol. The first kappa shape index (κ1) is 23.6. The summed E-state index contributed by atoms with van der Waals surface area (Å²) in [6, 6.07) is 27.3. The van der Waals surface area contributed by atoms with E-state index >= 15 is 0 Å². The number of nitrogens with one attached hydrogen (secondary N) is 2. The highest BCUT2D eigenvalue weighted by Crippen LogP contribution is 2.30. The summed E-state index contributed by atoms with van der Waals surface area (Å²) in [5.74, 6) is 0.615. The fourth-order valence-electron chi connectivity index (χ4n) is 3.67. The molecule has 0 aliphatic carbocycles. The molecule has 0 fully saturated rings. The molecule has 2 N–H and O–H groups in total. The van der Waals surface area contributed by atoms with Gasteiger partial charge in [0.1, 0.15) is 17.2 Å². The molecule has 4 aromatic rings. The topological polar surface area (TPSA) is 76.7 Å². The van der Waals surface area contributed by atoms with Gasteiger partial charge in [-0.25, -0.2) is 0 Å². The minimum atomic E-state index is -0.447. The van der Waals surface area contributed by atoms with Crippen molar-refractivity contribution in [2.75, 3.05) is 19.0 Å². The van der Waals surface area contributed by atoms with Crippen molar-refractivity contribution >= 4 is 34.4 Å². The Kier molecular flexibility index (Phi) is 7.43. The van der Waals surface area contributed by atoms with Gasteiger partial charge in [0.05, 0.1) is 13.7 Å². The highest BCUT2D eigenvalue weighted by Gasteiger charge is 2.16. The molecule has 2 amide bonds. The lowest BCUT2D eigenvalue weighted by molar-refractivity contribution is -0.113. The predicted octanol–water partition coefficient (Wildman–Crippen LogP) is 5.66. The molecule has 0 aromatic heterocycles. The number of anilines is 1. The van der Waals surface area contributed by atoms with E-state index in [4.69, 9.17) is 9.47 Å². The van der Waals surface area contributed by atoms with Crippen LogP contribution in [0.1, 0.15) is 22.8 Å². The number of carbonyl (C=O) groups excluding carboxylic acids is 2. The van der Waals surface area contributed by atoms with Crippen LogP contribution in [0.25, 0.3) is 16.8 Å². The second-order valence-electron chi connectivity index (χ2n) is 7.69. The van der Waals surface area contributed by atoms with E-state index < -0.39 is 5.91 Å². The van der Waals surface area contributed by atoms with Crippen molar-refractivity contribution in [3.05, 3.63) is 108 Å². The van der Waals surface area contributed by atoms with Crippen molar-refractivity contribution in [1.29, 1.82) is 0 Å². The lowest BCUT2D eigenvalue weighted by atomic mass is 10.0. The summed E-state index contributed by atoms with van der Waals surface area (Å²) in [6.07, 6.45) is 1.68. The second kappa shape index (κ2) is 11.0. The van der Waals surface area contributed by atoms with Gasteiger partial charge in [-0.1, -0.05) is 48.5 Å². The van der Waals surface area contributed by atoms with Crippen LogP contribution in [0.15, 0.2) is 96.7 Å². The molecule has 6 nitrogen and oxygen atoms in total. The molecule has 0 atom stereocenters. The van der Waals surface area contributed by atoms with Crippen LogP contribution in [-0.4, -0.2) is 25.5 Å². The standard InChI is InChI=1S/C29H26N2O4/c1-3-35-27-18-13-21(24-11-7-8-12-25(24)27)19-26(31-28(32)20-9-5-4-6-10-20)29(33)30-22-14-16-23(34-2)17-15-22/h4-19H,3H2,1-2H3,(H,30,33)(H,31,32). The number of rotatable bonds is 8. The van der Waals surface area contributed by atoms with Crippen molar-refractivity contribution in [2.24, 2.45) is 0 Å².